The van der Waals surface area contributed by atoms with E-state index in [4.69, 9.17) is 10.5 Å². The van der Waals surface area contributed by atoms with Crippen molar-refractivity contribution in [1.82, 2.24) is 9.55 Å². The van der Waals surface area contributed by atoms with Gasteiger partial charge in [-0.3, -0.25) is 0 Å². The number of anilines is 1. The van der Waals surface area contributed by atoms with Crippen LogP contribution in [-0.2, 0) is 13.7 Å². The molecule has 0 bridgehead atoms. The largest absolute Gasteiger partial charge is 0.486 e. The van der Waals surface area contributed by atoms with Crippen molar-refractivity contribution in [2.75, 3.05) is 5.73 Å². The number of ether oxygens (including phenoxy) is 1. The molecular weight excluding hydrogens is 209 g/mol. The Hall–Kier alpha value is -2.04. The predicted octanol–water partition coefficient (Wildman–Crippen LogP) is 1.72. The topological polar surface area (TPSA) is 53.1 Å². The van der Waals surface area contributed by atoms with Crippen LogP contribution in [0.2, 0.25) is 0 Å². The Kier molecular flexibility index (Phi) is 2.76. The van der Waals surface area contributed by atoms with Crippen LogP contribution >= 0.6 is 0 Å². The van der Waals surface area contributed by atoms with Crippen molar-refractivity contribution in [3.05, 3.63) is 42.1 Å². The summed E-state index contributed by atoms with van der Waals surface area (Å²) in [5, 5.41) is 0. The maximum Gasteiger partial charge on any atom is 0.149 e. The quantitative estimate of drug-likeness (QED) is 0.858. The summed E-state index contributed by atoms with van der Waals surface area (Å²) in [5.41, 5.74) is 5.53. The van der Waals surface area contributed by atoms with E-state index in [1.54, 1.807) is 22.9 Å². The Balaban J connectivity index is 2.02. The van der Waals surface area contributed by atoms with Crippen molar-refractivity contribution in [3.63, 3.8) is 0 Å². The molecule has 0 atom stereocenters. The molecule has 4 nitrogen and oxygen atoms in total. The fourth-order valence-electron chi connectivity index (χ4n) is 1.34. The van der Waals surface area contributed by atoms with Gasteiger partial charge in [-0.2, -0.15) is 0 Å². The molecule has 0 amide bonds. The van der Waals surface area contributed by atoms with Crippen LogP contribution in [0.4, 0.5) is 10.2 Å². The molecule has 0 aliphatic carbocycles. The molecule has 0 spiro atoms. The normalized spacial score (nSPS) is 10.4. The van der Waals surface area contributed by atoms with Gasteiger partial charge in [0.25, 0.3) is 0 Å². The van der Waals surface area contributed by atoms with E-state index in [9.17, 15) is 4.39 Å². The number of nitrogen functional groups attached to an aromatic ring is 1. The Bertz CT molecular complexity index is 478. The van der Waals surface area contributed by atoms with E-state index < -0.39 is 0 Å². The summed E-state index contributed by atoms with van der Waals surface area (Å²) >= 11 is 0. The number of benzene rings is 1. The van der Waals surface area contributed by atoms with Crippen LogP contribution in [0.1, 0.15) is 5.82 Å². The highest BCUT2D eigenvalue weighted by molar-refractivity contribution is 5.26. The first-order chi connectivity index (χ1) is 7.65. The minimum Gasteiger partial charge on any atom is -0.486 e. The van der Waals surface area contributed by atoms with Crippen molar-refractivity contribution in [1.29, 1.82) is 0 Å². The van der Waals surface area contributed by atoms with Crippen LogP contribution in [0.25, 0.3) is 0 Å². The zero-order chi connectivity index (χ0) is 11.5. The third kappa shape index (κ3) is 2.31. The highest BCUT2D eigenvalue weighted by Crippen LogP contribution is 2.13. The number of imidazole rings is 1. The summed E-state index contributed by atoms with van der Waals surface area (Å²) in [7, 11) is 1.84. The van der Waals surface area contributed by atoms with E-state index >= 15 is 0 Å². The Morgan fingerprint density at radius 2 is 2.06 bits per heavy atom. The van der Waals surface area contributed by atoms with Gasteiger partial charge >= 0.3 is 0 Å². The molecule has 0 fully saturated rings. The van der Waals surface area contributed by atoms with Crippen molar-refractivity contribution >= 4 is 5.82 Å². The lowest BCUT2D eigenvalue weighted by Gasteiger charge is -2.05. The molecule has 16 heavy (non-hydrogen) atoms. The lowest BCUT2D eigenvalue weighted by atomic mass is 10.3. The third-order valence-electron chi connectivity index (χ3n) is 2.17. The van der Waals surface area contributed by atoms with Crippen molar-refractivity contribution in [3.8, 4) is 5.75 Å². The maximum absolute atomic E-state index is 12.6. The van der Waals surface area contributed by atoms with Crippen molar-refractivity contribution in [2.24, 2.45) is 7.05 Å². The molecule has 2 N–H and O–H groups in total. The molecule has 1 heterocycles. The molecule has 5 heteroatoms. The van der Waals surface area contributed by atoms with E-state index in [0.717, 1.165) is 5.82 Å². The summed E-state index contributed by atoms with van der Waals surface area (Å²) < 4.78 is 19.9. The van der Waals surface area contributed by atoms with E-state index in [-0.39, 0.29) is 5.82 Å². The third-order valence-corrected chi connectivity index (χ3v) is 2.17. The fourth-order valence-corrected chi connectivity index (χ4v) is 1.34. The smallest absolute Gasteiger partial charge is 0.149 e. The average Bonchev–Trinajstić information content (AvgIpc) is 2.57. The van der Waals surface area contributed by atoms with Gasteiger partial charge in [0.2, 0.25) is 0 Å². The zero-order valence-corrected chi connectivity index (χ0v) is 8.85. The Morgan fingerprint density at radius 3 is 2.62 bits per heavy atom. The summed E-state index contributed by atoms with van der Waals surface area (Å²) in [6, 6.07) is 5.84. The number of hydrogen-bond acceptors (Lipinski definition) is 3. The SMILES string of the molecule is Cn1cc(N)nc1COc1ccc(F)cc1. The minimum absolute atomic E-state index is 0.284. The van der Waals surface area contributed by atoms with Crippen LogP contribution in [0, 0.1) is 5.82 Å². The molecule has 1 aromatic heterocycles. The number of halogens is 1. The molecule has 84 valence electrons. The van der Waals surface area contributed by atoms with Crippen LogP contribution in [0.15, 0.2) is 30.5 Å². The summed E-state index contributed by atoms with van der Waals surface area (Å²) in [4.78, 5) is 4.08. The van der Waals surface area contributed by atoms with E-state index in [1.165, 1.54) is 12.1 Å². The fraction of sp³-hybridized carbons (Fsp3) is 0.182. The minimum atomic E-state index is -0.284. The number of nitrogens with zero attached hydrogens (tertiary/aromatic N) is 2. The van der Waals surface area contributed by atoms with E-state index in [0.29, 0.717) is 18.2 Å². The molecule has 0 aliphatic heterocycles. The predicted molar refractivity (Wildman–Crippen MR) is 58.4 cm³/mol. The monoisotopic (exact) mass is 221 g/mol. The molecule has 2 aromatic rings. The van der Waals surface area contributed by atoms with Gasteiger partial charge in [-0.25, -0.2) is 9.37 Å². The van der Waals surface area contributed by atoms with E-state index in [1.807, 2.05) is 7.05 Å². The molecule has 0 aliphatic rings. The number of nitrogens with two attached hydrogens (primary N) is 1. The first-order valence-electron chi connectivity index (χ1n) is 4.81. The highest BCUT2D eigenvalue weighted by Gasteiger charge is 2.03. The Morgan fingerprint density at radius 1 is 1.38 bits per heavy atom. The zero-order valence-electron chi connectivity index (χ0n) is 8.85. The number of rotatable bonds is 3. The molecule has 0 saturated carbocycles. The maximum atomic E-state index is 12.6. The van der Waals surface area contributed by atoms with E-state index in [2.05, 4.69) is 4.98 Å². The van der Waals surface area contributed by atoms with Gasteiger partial charge in [-0.05, 0) is 24.3 Å². The number of hydrogen-bond donors (Lipinski definition) is 1. The van der Waals surface area contributed by atoms with Gasteiger partial charge in [0.05, 0.1) is 0 Å². The number of aromatic nitrogens is 2. The highest BCUT2D eigenvalue weighted by atomic mass is 19.1. The summed E-state index contributed by atoms with van der Waals surface area (Å²) in [5.74, 6) is 1.50. The molecule has 1 aromatic carbocycles. The summed E-state index contributed by atoms with van der Waals surface area (Å²) in [6.45, 7) is 0.305. The van der Waals surface area contributed by atoms with Gasteiger partial charge in [0, 0.05) is 13.2 Å². The number of aryl methyl sites for hydroxylation is 1. The molecule has 0 saturated heterocycles. The molecule has 0 unspecified atom stereocenters. The van der Waals surface area contributed by atoms with Gasteiger partial charge < -0.3 is 15.0 Å². The molecular formula is C11H12FN3O. The van der Waals surface area contributed by atoms with Crippen molar-refractivity contribution < 1.29 is 9.13 Å². The van der Waals surface area contributed by atoms with Gasteiger partial charge in [-0.15, -0.1) is 0 Å². The molecule has 0 radical (unpaired) electrons. The van der Waals surface area contributed by atoms with Crippen LogP contribution in [0.3, 0.4) is 0 Å². The first kappa shape index (κ1) is 10.5. The second-order valence-electron chi connectivity index (χ2n) is 3.44. The lowest BCUT2D eigenvalue weighted by Crippen LogP contribution is -2.02. The average molecular weight is 221 g/mol. The standard InChI is InChI=1S/C11H12FN3O/c1-15-6-10(13)14-11(15)7-16-9-4-2-8(12)3-5-9/h2-6H,7,13H2,1H3. The van der Waals surface area contributed by atoms with Gasteiger partial charge in [-0.1, -0.05) is 0 Å². The van der Waals surface area contributed by atoms with Gasteiger partial charge in [0.1, 0.15) is 29.8 Å². The van der Waals surface area contributed by atoms with Crippen LogP contribution in [0.5, 0.6) is 5.75 Å². The van der Waals surface area contributed by atoms with Gasteiger partial charge in [0.15, 0.2) is 0 Å². The first-order valence-corrected chi connectivity index (χ1v) is 4.81. The summed E-state index contributed by atoms with van der Waals surface area (Å²) in [6.07, 6.45) is 1.71. The second-order valence-corrected chi connectivity index (χ2v) is 3.44. The van der Waals surface area contributed by atoms with Crippen molar-refractivity contribution in [2.45, 2.75) is 6.61 Å². The second kappa shape index (κ2) is 4.22. The van der Waals surface area contributed by atoms with Crippen LogP contribution in [-0.4, -0.2) is 9.55 Å². The Labute approximate surface area is 92.5 Å². The lowest BCUT2D eigenvalue weighted by molar-refractivity contribution is 0.291. The molecule has 2 rings (SSSR count). The van der Waals surface area contributed by atoms with Crippen LogP contribution < -0.4 is 10.5 Å².